The van der Waals surface area contributed by atoms with Crippen LogP contribution in [-0.2, 0) is 10.0 Å². The van der Waals surface area contributed by atoms with Gasteiger partial charge in [0.15, 0.2) is 0 Å². The van der Waals surface area contributed by atoms with Crippen LogP contribution in [0.25, 0.3) is 0 Å². The Morgan fingerprint density at radius 1 is 1.19 bits per heavy atom. The quantitative estimate of drug-likeness (QED) is 0.877. The van der Waals surface area contributed by atoms with Crippen molar-refractivity contribution in [1.82, 2.24) is 0 Å². The summed E-state index contributed by atoms with van der Waals surface area (Å²) in [6, 6.07) is 11.7. The molecule has 0 unspecified atom stereocenters. The fourth-order valence-corrected chi connectivity index (χ4v) is 3.01. The number of benzene rings is 2. The number of aldehydes is 1. The third-order valence-electron chi connectivity index (χ3n) is 2.65. The zero-order chi connectivity index (χ0) is 15.5. The molecule has 106 valence electrons. The molecule has 0 atom stereocenters. The molecule has 0 aromatic heterocycles. The highest BCUT2D eigenvalue weighted by Gasteiger charge is 2.16. The fourth-order valence-electron chi connectivity index (χ4n) is 1.64. The predicted molar refractivity (Wildman–Crippen MR) is 78.8 cm³/mol. The van der Waals surface area contributed by atoms with Gasteiger partial charge >= 0.3 is 0 Å². The van der Waals surface area contributed by atoms with Crippen LogP contribution in [0.3, 0.4) is 0 Å². The van der Waals surface area contributed by atoms with Crippen molar-refractivity contribution >= 4 is 33.6 Å². The predicted octanol–water partition coefficient (Wildman–Crippen LogP) is 2.82. The van der Waals surface area contributed by atoms with Gasteiger partial charge in [0.25, 0.3) is 10.0 Å². The van der Waals surface area contributed by atoms with Crippen molar-refractivity contribution in [2.24, 2.45) is 0 Å². The average Bonchev–Trinajstić information content (AvgIpc) is 2.47. The van der Waals surface area contributed by atoms with Crippen LogP contribution in [0.2, 0.25) is 5.02 Å². The number of carbonyl (C=O) groups excluding carboxylic acids is 1. The van der Waals surface area contributed by atoms with Gasteiger partial charge in [-0.05, 0) is 30.3 Å². The number of anilines is 1. The zero-order valence-corrected chi connectivity index (χ0v) is 12.1. The van der Waals surface area contributed by atoms with Crippen LogP contribution in [0.5, 0.6) is 0 Å². The van der Waals surface area contributed by atoms with Gasteiger partial charge in [-0.15, -0.1) is 0 Å². The maximum absolute atomic E-state index is 12.2. The van der Waals surface area contributed by atoms with E-state index in [9.17, 15) is 13.2 Å². The molecule has 0 spiro atoms. The molecule has 0 aliphatic carbocycles. The first-order chi connectivity index (χ1) is 9.96. The number of sulfonamides is 1. The summed E-state index contributed by atoms with van der Waals surface area (Å²) < 4.78 is 26.8. The van der Waals surface area contributed by atoms with E-state index < -0.39 is 10.0 Å². The van der Waals surface area contributed by atoms with E-state index in [-0.39, 0.29) is 21.2 Å². The van der Waals surface area contributed by atoms with Crippen molar-refractivity contribution in [2.75, 3.05) is 4.72 Å². The van der Waals surface area contributed by atoms with Gasteiger partial charge in [0.2, 0.25) is 0 Å². The Morgan fingerprint density at radius 2 is 1.95 bits per heavy atom. The minimum atomic E-state index is -3.85. The lowest BCUT2D eigenvalue weighted by molar-refractivity contribution is 0.112. The Balaban J connectivity index is 2.36. The largest absolute Gasteiger partial charge is 0.298 e. The summed E-state index contributed by atoms with van der Waals surface area (Å²) in [5.74, 6) is 0. The van der Waals surface area contributed by atoms with Gasteiger partial charge < -0.3 is 0 Å². The Bertz CT molecular complexity index is 842. The summed E-state index contributed by atoms with van der Waals surface area (Å²) in [7, 11) is -3.85. The lowest BCUT2D eigenvalue weighted by Crippen LogP contribution is -2.13. The highest BCUT2D eigenvalue weighted by molar-refractivity contribution is 7.92. The summed E-state index contributed by atoms with van der Waals surface area (Å²) >= 11 is 5.83. The molecule has 0 aliphatic heterocycles. The number of carbonyl (C=O) groups is 1. The van der Waals surface area contributed by atoms with Crippen molar-refractivity contribution in [3.8, 4) is 6.07 Å². The van der Waals surface area contributed by atoms with Crippen LogP contribution in [-0.4, -0.2) is 14.7 Å². The molecular weight excluding hydrogens is 312 g/mol. The Kier molecular flexibility index (Phi) is 4.26. The van der Waals surface area contributed by atoms with E-state index in [0.717, 1.165) is 0 Å². The minimum Gasteiger partial charge on any atom is -0.298 e. The lowest BCUT2D eigenvalue weighted by Gasteiger charge is -2.09. The molecule has 0 aliphatic rings. The van der Waals surface area contributed by atoms with Crippen molar-refractivity contribution in [3.05, 3.63) is 58.6 Å². The van der Waals surface area contributed by atoms with Crippen LogP contribution in [0.1, 0.15) is 15.9 Å². The molecule has 0 saturated carbocycles. The lowest BCUT2D eigenvalue weighted by atomic mass is 10.2. The number of hydrogen-bond donors (Lipinski definition) is 1. The van der Waals surface area contributed by atoms with Gasteiger partial charge in [0.1, 0.15) is 12.4 Å². The van der Waals surface area contributed by atoms with E-state index in [1.165, 1.54) is 30.3 Å². The first-order valence-corrected chi connectivity index (χ1v) is 7.60. The third kappa shape index (κ3) is 3.40. The Hall–Kier alpha value is -2.36. The summed E-state index contributed by atoms with van der Waals surface area (Å²) in [6.07, 6.45) is 0.621. The first kappa shape index (κ1) is 15.0. The number of hydrogen-bond acceptors (Lipinski definition) is 4. The molecule has 0 radical (unpaired) electrons. The van der Waals surface area contributed by atoms with Gasteiger partial charge in [0, 0.05) is 11.3 Å². The molecule has 0 saturated heterocycles. The number of nitriles is 1. The molecule has 5 nitrogen and oxygen atoms in total. The monoisotopic (exact) mass is 320 g/mol. The molecule has 2 aromatic rings. The summed E-state index contributed by atoms with van der Waals surface area (Å²) in [4.78, 5) is 10.6. The number of nitrogens with zero attached hydrogens (tertiary/aromatic N) is 1. The van der Waals surface area contributed by atoms with E-state index in [2.05, 4.69) is 4.72 Å². The Morgan fingerprint density at radius 3 is 2.57 bits per heavy atom. The van der Waals surface area contributed by atoms with Crippen LogP contribution in [0.15, 0.2) is 47.4 Å². The first-order valence-electron chi connectivity index (χ1n) is 5.74. The van der Waals surface area contributed by atoms with Gasteiger partial charge in [-0.2, -0.15) is 5.26 Å². The third-order valence-corrected chi connectivity index (χ3v) is 4.34. The van der Waals surface area contributed by atoms with Gasteiger partial charge in [-0.3, -0.25) is 9.52 Å². The second-order valence-corrected chi connectivity index (χ2v) is 6.19. The molecule has 0 amide bonds. The van der Waals surface area contributed by atoms with E-state index in [1.807, 2.05) is 6.07 Å². The van der Waals surface area contributed by atoms with Gasteiger partial charge in [-0.25, -0.2) is 8.42 Å². The molecule has 21 heavy (non-hydrogen) atoms. The second-order valence-electron chi connectivity index (χ2n) is 4.10. The average molecular weight is 321 g/mol. The maximum Gasteiger partial charge on any atom is 0.261 e. The summed E-state index contributed by atoms with van der Waals surface area (Å²) in [6.45, 7) is 0. The van der Waals surface area contributed by atoms with Crippen LogP contribution < -0.4 is 4.72 Å². The molecule has 2 rings (SSSR count). The molecule has 0 fully saturated rings. The highest BCUT2D eigenvalue weighted by Crippen LogP contribution is 2.22. The van der Waals surface area contributed by atoms with Crippen molar-refractivity contribution < 1.29 is 13.2 Å². The maximum atomic E-state index is 12.2. The standard InChI is InChI=1S/C14H9ClN2O3S/c15-14-7-13(5-4-11(14)8-16)21(19,20)17-12-3-1-2-10(6-12)9-18/h1-7,9,17H. The van der Waals surface area contributed by atoms with Crippen molar-refractivity contribution in [3.63, 3.8) is 0 Å². The minimum absolute atomic E-state index is 0.0574. The van der Waals surface area contributed by atoms with Crippen molar-refractivity contribution in [2.45, 2.75) is 4.90 Å². The SMILES string of the molecule is N#Cc1ccc(S(=O)(=O)Nc2cccc(C=O)c2)cc1Cl. The van der Waals surface area contributed by atoms with E-state index in [0.29, 0.717) is 11.8 Å². The van der Waals surface area contributed by atoms with Crippen LogP contribution >= 0.6 is 11.6 Å². The number of halogens is 1. The molecule has 0 bridgehead atoms. The summed E-state index contributed by atoms with van der Waals surface area (Å²) in [5.41, 5.74) is 0.812. The zero-order valence-electron chi connectivity index (χ0n) is 10.6. The second kappa shape index (κ2) is 5.95. The van der Waals surface area contributed by atoms with Crippen LogP contribution in [0, 0.1) is 11.3 Å². The van der Waals surface area contributed by atoms with Crippen LogP contribution in [0.4, 0.5) is 5.69 Å². The smallest absolute Gasteiger partial charge is 0.261 e. The molecule has 0 heterocycles. The number of rotatable bonds is 4. The normalized spacial score (nSPS) is 10.7. The molecule has 1 N–H and O–H groups in total. The topological polar surface area (TPSA) is 87.0 Å². The number of nitrogens with one attached hydrogen (secondary N) is 1. The highest BCUT2D eigenvalue weighted by atomic mass is 35.5. The summed E-state index contributed by atoms with van der Waals surface area (Å²) in [5, 5.41) is 8.83. The van der Waals surface area contributed by atoms with Crippen molar-refractivity contribution in [1.29, 1.82) is 5.26 Å². The molecular formula is C14H9ClN2O3S. The molecule has 2 aromatic carbocycles. The van der Waals surface area contributed by atoms with Gasteiger partial charge in [-0.1, -0.05) is 23.7 Å². The van der Waals surface area contributed by atoms with E-state index >= 15 is 0 Å². The van der Waals surface area contributed by atoms with E-state index in [4.69, 9.17) is 16.9 Å². The Labute approximate surface area is 126 Å². The van der Waals surface area contributed by atoms with Gasteiger partial charge in [0.05, 0.1) is 15.5 Å². The fraction of sp³-hybridized carbons (Fsp3) is 0. The van der Waals surface area contributed by atoms with E-state index in [1.54, 1.807) is 12.1 Å². The molecule has 7 heteroatoms.